The molecular weight excluding hydrogens is 400 g/mol. The molecule has 1 aliphatic heterocycles. The fourth-order valence-electron chi connectivity index (χ4n) is 3.70. The SMILES string of the molecule is CC(C)c1ccc(COCc2ccc(CN3CCN(C(=O)OC(C)(C)C)CC3)cc2)cc1. The molecule has 3 rings (SSSR count). The molecule has 5 heteroatoms. The molecule has 5 nitrogen and oxygen atoms in total. The van der Waals surface area contributed by atoms with E-state index in [1.807, 2.05) is 20.8 Å². The van der Waals surface area contributed by atoms with E-state index in [0.717, 1.165) is 19.6 Å². The van der Waals surface area contributed by atoms with E-state index in [1.54, 1.807) is 4.90 Å². The first-order valence-corrected chi connectivity index (χ1v) is 11.6. The zero-order valence-corrected chi connectivity index (χ0v) is 20.3. The molecule has 0 bridgehead atoms. The highest BCUT2D eigenvalue weighted by Crippen LogP contribution is 2.17. The van der Waals surface area contributed by atoms with Gasteiger partial charge in [0.25, 0.3) is 0 Å². The normalized spacial score (nSPS) is 15.2. The second-order valence-electron chi connectivity index (χ2n) is 9.95. The summed E-state index contributed by atoms with van der Waals surface area (Å²) >= 11 is 0. The summed E-state index contributed by atoms with van der Waals surface area (Å²) in [5.41, 5.74) is 4.58. The lowest BCUT2D eigenvalue weighted by molar-refractivity contribution is 0.0139. The number of carbonyl (C=O) groups excluding carboxylic acids is 1. The minimum atomic E-state index is -0.446. The van der Waals surface area contributed by atoms with Gasteiger partial charge >= 0.3 is 6.09 Å². The lowest BCUT2D eigenvalue weighted by atomic mass is 10.0. The Morgan fingerprint density at radius 3 is 1.84 bits per heavy atom. The first-order valence-electron chi connectivity index (χ1n) is 11.6. The average molecular weight is 439 g/mol. The molecule has 1 saturated heterocycles. The van der Waals surface area contributed by atoms with Gasteiger partial charge in [-0.05, 0) is 48.9 Å². The van der Waals surface area contributed by atoms with E-state index in [1.165, 1.54) is 22.3 Å². The molecule has 0 atom stereocenters. The van der Waals surface area contributed by atoms with Crippen LogP contribution in [0.3, 0.4) is 0 Å². The van der Waals surface area contributed by atoms with Gasteiger partial charge in [0.1, 0.15) is 5.60 Å². The van der Waals surface area contributed by atoms with Crippen molar-refractivity contribution >= 4 is 6.09 Å². The smallest absolute Gasteiger partial charge is 0.410 e. The van der Waals surface area contributed by atoms with E-state index in [0.29, 0.717) is 32.2 Å². The first kappa shape index (κ1) is 24.3. The number of ether oxygens (including phenoxy) is 2. The van der Waals surface area contributed by atoms with Gasteiger partial charge in [0.15, 0.2) is 0 Å². The topological polar surface area (TPSA) is 42.0 Å². The predicted molar refractivity (Wildman–Crippen MR) is 129 cm³/mol. The molecule has 32 heavy (non-hydrogen) atoms. The predicted octanol–water partition coefficient (Wildman–Crippen LogP) is 5.58. The van der Waals surface area contributed by atoms with Crippen molar-refractivity contribution in [1.29, 1.82) is 0 Å². The summed E-state index contributed by atoms with van der Waals surface area (Å²) in [4.78, 5) is 16.4. The number of hydrogen-bond acceptors (Lipinski definition) is 4. The van der Waals surface area contributed by atoms with E-state index in [-0.39, 0.29) is 6.09 Å². The van der Waals surface area contributed by atoms with Crippen LogP contribution < -0.4 is 0 Å². The second kappa shape index (κ2) is 11.0. The summed E-state index contributed by atoms with van der Waals surface area (Å²) in [7, 11) is 0. The number of rotatable bonds is 7. The van der Waals surface area contributed by atoms with E-state index < -0.39 is 5.60 Å². The van der Waals surface area contributed by atoms with Crippen molar-refractivity contribution in [3.63, 3.8) is 0 Å². The Kier molecular flexibility index (Phi) is 8.32. The van der Waals surface area contributed by atoms with E-state index in [4.69, 9.17) is 9.47 Å². The number of nitrogens with zero attached hydrogens (tertiary/aromatic N) is 2. The number of hydrogen-bond donors (Lipinski definition) is 0. The van der Waals surface area contributed by atoms with Crippen LogP contribution in [0.2, 0.25) is 0 Å². The van der Waals surface area contributed by atoms with Crippen LogP contribution in [0.1, 0.15) is 62.8 Å². The molecule has 0 radical (unpaired) electrons. The molecule has 1 heterocycles. The largest absolute Gasteiger partial charge is 0.444 e. The van der Waals surface area contributed by atoms with Crippen LogP contribution >= 0.6 is 0 Å². The maximum absolute atomic E-state index is 12.2. The minimum Gasteiger partial charge on any atom is -0.444 e. The maximum Gasteiger partial charge on any atom is 0.410 e. The Labute approximate surface area is 193 Å². The molecular formula is C27H38N2O3. The lowest BCUT2D eigenvalue weighted by Gasteiger charge is -2.35. The van der Waals surface area contributed by atoms with Crippen molar-refractivity contribution in [3.8, 4) is 0 Å². The molecule has 0 unspecified atom stereocenters. The molecule has 174 valence electrons. The van der Waals surface area contributed by atoms with E-state index in [2.05, 4.69) is 67.3 Å². The zero-order chi connectivity index (χ0) is 23.1. The second-order valence-corrected chi connectivity index (χ2v) is 9.95. The van der Waals surface area contributed by atoms with Crippen molar-refractivity contribution in [1.82, 2.24) is 9.80 Å². The Morgan fingerprint density at radius 1 is 0.844 bits per heavy atom. The van der Waals surface area contributed by atoms with Gasteiger partial charge in [-0.25, -0.2) is 4.79 Å². The maximum atomic E-state index is 12.2. The molecule has 1 amide bonds. The van der Waals surface area contributed by atoms with Gasteiger partial charge in [-0.15, -0.1) is 0 Å². The summed E-state index contributed by atoms with van der Waals surface area (Å²) in [6.07, 6.45) is -0.211. The third kappa shape index (κ3) is 7.64. The molecule has 0 N–H and O–H groups in total. The van der Waals surface area contributed by atoms with Crippen LogP contribution in [-0.2, 0) is 29.2 Å². The van der Waals surface area contributed by atoms with Crippen LogP contribution in [0.4, 0.5) is 4.79 Å². The summed E-state index contributed by atoms with van der Waals surface area (Å²) < 4.78 is 11.4. The van der Waals surface area contributed by atoms with Gasteiger partial charge < -0.3 is 14.4 Å². The van der Waals surface area contributed by atoms with Gasteiger partial charge in [0.05, 0.1) is 13.2 Å². The Bertz CT molecular complexity index is 846. The van der Waals surface area contributed by atoms with Gasteiger partial charge in [-0.3, -0.25) is 4.90 Å². The van der Waals surface area contributed by atoms with Crippen molar-refractivity contribution in [2.24, 2.45) is 0 Å². The highest BCUT2D eigenvalue weighted by molar-refractivity contribution is 5.68. The van der Waals surface area contributed by atoms with Crippen molar-refractivity contribution in [3.05, 3.63) is 70.8 Å². The van der Waals surface area contributed by atoms with Crippen LogP contribution in [0.5, 0.6) is 0 Å². The highest BCUT2D eigenvalue weighted by Gasteiger charge is 2.25. The van der Waals surface area contributed by atoms with Crippen molar-refractivity contribution in [2.75, 3.05) is 26.2 Å². The van der Waals surface area contributed by atoms with Gasteiger partial charge in [0, 0.05) is 32.7 Å². The molecule has 0 aromatic heterocycles. The zero-order valence-electron chi connectivity index (χ0n) is 20.3. The minimum absolute atomic E-state index is 0.211. The van der Waals surface area contributed by atoms with Gasteiger partial charge in [-0.1, -0.05) is 62.4 Å². The number of amides is 1. The molecule has 0 aliphatic carbocycles. The molecule has 2 aromatic rings. The van der Waals surface area contributed by atoms with Gasteiger partial charge in [-0.2, -0.15) is 0 Å². The third-order valence-electron chi connectivity index (χ3n) is 5.64. The average Bonchev–Trinajstić information content (AvgIpc) is 2.75. The Balaban J connectivity index is 1.39. The quantitative estimate of drug-likeness (QED) is 0.566. The summed E-state index contributed by atoms with van der Waals surface area (Å²) in [5.74, 6) is 0.553. The monoisotopic (exact) mass is 438 g/mol. The lowest BCUT2D eigenvalue weighted by Crippen LogP contribution is -2.49. The summed E-state index contributed by atoms with van der Waals surface area (Å²) in [6, 6.07) is 17.3. The molecule has 0 saturated carbocycles. The molecule has 0 spiro atoms. The molecule has 1 fully saturated rings. The molecule has 1 aliphatic rings. The highest BCUT2D eigenvalue weighted by atomic mass is 16.6. The number of piperazine rings is 1. The molecule has 2 aromatic carbocycles. The van der Waals surface area contributed by atoms with Crippen molar-refractivity contribution in [2.45, 2.75) is 65.9 Å². The van der Waals surface area contributed by atoms with Crippen molar-refractivity contribution < 1.29 is 14.3 Å². The number of carbonyl (C=O) groups is 1. The fourth-order valence-corrected chi connectivity index (χ4v) is 3.70. The summed E-state index contributed by atoms with van der Waals surface area (Å²) in [5, 5.41) is 0. The fraction of sp³-hybridized carbons (Fsp3) is 0.519. The third-order valence-corrected chi connectivity index (χ3v) is 5.64. The van der Waals surface area contributed by atoms with Crippen LogP contribution in [0, 0.1) is 0 Å². The Morgan fingerprint density at radius 2 is 1.34 bits per heavy atom. The van der Waals surface area contributed by atoms with Crippen LogP contribution in [0.25, 0.3) is 0 Å². The van der Waals surface area contributed by atoms with Gasteiger partial charge in [0.2, 0.25) is 0 Å². The standard InChI is InChI=1S/C27H38N2O3/c1-21(2)25-12-10-24(11-13-25)20-31-19-23-8-6-22(7-9-23)18-28-14-16-29(17-15-28)26(30)32-27(3,4)5/h6-13,21H,14-20H2,1-5H3. The summed E-state index contributed by atoms with van der Waals surface area (Å²) in [6.45, 7) is 15.4. The van der Waals surface area contributed by atoms with Crippen LogP contribution in [-0.4, -0.2) is 47.7 Å². The van der Waals surface area contributed by atoms with E-state index in [9.17, 15) is 4.79 Å². The number of benzene rings is 2. The van der Waals surface area contributed by atoms with Crippen LogP contribution in [0.15, 0.2) is 48.5 Å². The van der Waals surface area contributed by atoms with E-state index >= 15 is 0 Å². The Hall–Kier alpha value is -2.37. The first-order chi connectivity index (χ1) is 15.2.